The Morgan fingerprint density at radius 2 is 2.07 bits per heavy atom. The Balaban J connectivity index is 1.52. The molecule has 3 rings (SSSR count). The Morgan fingerprint density at radius 3 is 2.81 bits per heavy atom. The standard InChI is InChI=1S/C19H18Cl2N2O4/c20-15-1-2-17(16(21)7-15)27-11-18(24)23-4-3-12(10-23)5-13-6-14(19(25)26)9-22-8-13/h1-2,6-9,12H,3-5,10-11H2,(H,25,26). The number of hydrogen-bond donors (Lipinski definition) is 1. The molecule has 2 aromatic rings. The summed E-state index contributed by atoms with van der Waals surface area (Å²) in [5.74, 6) is -0.424. The summed E-state index contributed by atoms with van der Waals surface area (Å²) in [6.07, 6.45) is 4.53. The SMILES string of the molecule is O=C(O)c1cncc(CC2CCN(C(=O)COc3ccc(Cl)cc3Cl)C2)c1. The number of carboxylic acids is 1. The summed E-state index contributed by atoms with van der Waals surface area (Å²) in [4.78, 5) is 29.1. The molecule has 0 aliphatic carbocycles. The second kappa shape index (κ2) is 8.59. The van der Waals surface area contributed by atoms with Crippen molar-refractivity contribution >= 4 is 35.1 Å². The molecule has 142 valence electrons. The average molecular weight is 409 g/mol. The van der Waals surface area contributed by atoms with E-state index in [1.165, 1.54) is 6.20 Å². The number of nitrogens with zero attached hydrogens (tertiary/aromatic N) is 2. The van der Waals surface area contributed by atoms with Crippen molar-refractivity contribution in [1.82, 2.24) is 9.88 Å². The highest BCUT2D eigenvalue weighted by molar-refractivity contribution is 6.35. The van der Waals surface area contributed by atoms with E-state index in [4.69, 9.17) is 33.0 Å². The Kier molecular flexibility index (Phi) is 6.19. The summed E-state index contributed by atoms with van der Waals surface area (Å²) in [7, 11) is 0. The number of carbonyl (C=O) groups is 2. The number of hydrogen-bond acceptors (Lipinski definition) is 4. The highest BCUT2D eigenvalue weighted by atomic mass is 35.5. The lowest BCUT2D eigenvalue weighted by atomic mass is 9.99. The van der Waals surface area contributed by atoms with Crippen molar-refractivity contribution in [1.29, 1.82) is 0 Å². The van der Waals surface area contributed by atoms with Crippen LogP contribution in [0.3, 0.4) is 0 Å². The van der Waals surface area contributed by atoms with E-state index in [9.17, 15) is 9.59 Å². The number of aromatic carboxylic acids is 1. The number of amides is 1. The molecule has 1 aliphatic rings. The van der Waals surface area contributed by atoms with Crippen molar-refractivity contribution in [3.63, 3.8) is 0 Å². The maximum absolute atomic E-state index is 12.4. The smallest absolute Gasteiger partial charge is 0.337 e. The predicted molar refractivity (Wildman–Crippen MR) is 102 cm³/mol. The normalized spacial score (nSPS) is 16.4. The van der Waals surface area contributed by atoms with Gasteiger partial charge in [0.25, 0.3) is 5.91 Å². The maximum Gasteiger partial charge on any atom is 0.337 e. The molecule has 0 bridgehead atoms. The summed E-state index contributed by atoms with van der Waals surface area (Å²) in [6.45, 7) is 1.16. The van der Waals surface area contributed by atoms with Crippen molar-refractivity contribution in [3.05, 3.63) is 57.8 Å². The van der Waals surface area contributed by atoms with Gasteiger partial charge in [-0.05, 0) is 48.6 Å². The number of aromatic nitrogens is 1. The third-order valence-corrected chi connectivity index (χ3v) is 4.98. The molecule has 1 aliphatic heterocycles. The third-order valence-electron chi connectivity index (χ3n) is 4.45. The molecule has 0 spiro atoms. The lowest BCUT2D eigenvalue weighted by molar-refractivity contribution is -0.132. The van der Waals surface area contributed by atoms with Gasteiger partial charge in [-0.15, -0.1) is 0 Å². The first-order chi connectivity index (χ1) is 12.9. The van der Waals surface area contributed by atoms with E-state index in [-0.39, 0.29) is 24.0 Å². The third kappa shape index (κ3) is 5.11. The van der Waals surface area contributed by atoms with E-state index >= 15 is 0 Å². The molecule has 1 saturated heterocycles. The summed E-state index contributed by atoms with van der Waals surface area (Å²) in [6, 6.07) is 6.48. The van der Waals surface area contributed by atoms with E-state index in [1.54, 1.807) is 35.4 Å². The van der Waals surface area contributed by atoms with Gasteiger partial charge in [-0.3, -0.25) is 9.78 Å². The first-order valence-electron chi connectivity index (χ1n) is 8.45. The molecular weight excluding hydrogens is 391 g/mol. The zero-order chi connectivity index (χ0) is 19.4. The highest BCUT2D eigenvalue weighted by Crippen LogP contribution is 2.28. The Morgan fingerprint density at radius 1 is 1.26 bits per heavy atom. The fraction of sp³-hybridized carbons (Fsp3) is 0.316. The van der Waals surface area contributed by atoms with Crippen LogP contribution in [-0.2, 0) is 11.2 Å². The quantitative estimate of drug-likeness (QED) is 0.790. The zero-order valence-corrected chi connectivity index (χ0v) is 15.9. The molecule has 1 aromatic heterocycles. The molecule has 0 radical (unpaired) electrons. The second-order valence-electron chi connectivity index (χ2n) is 6.45. The molecule has 1 N–H and O–H groups in total. The van der Waals surface area contributed by atoms with Crippen LogP contribution < -0.4 is 4.74 Å². The summed E-state index contributed by atoms with van der Waals surface area (Å²) in [5.41, 5.74) is 1.03. The lowest BCUT2D eigenvalue weighted by Crippen LogP contribution is -2.33. The molecule has 8 heteroatoms. The van der Waals surface area contributed by atoms with Crippen LogP contribution >= 0.6 is 23.2 Å². The van der Waals surface area contributed by atoms with Crippen LogP contribution in [-0.4, -0.2) is 46.6 Å². The monoisotopic (exact) mass is 408 g/mol. The number of likely N-dealkylation sites (tertiary alicyclic amines) is 1. The number of rotatable bonds is 6. The van der Waals surface area contributed by atoms with E-state index < -0.39 is 5.97 Å². The van der Waals surface area contributed by atoms with Gasteiger partial charge >= 0.3 is 5.97 Å². The minimum absolute atomic E-state index is 0.0931. The van der Waals surface area contributed by atoms with E-state index in [2.05, 4.69) is 4.98 Å². The van der Waals surface area contributed by atoms with E-state index in [0.717, 1.165) is 12.0 Å². The zero-order valence-electron chi connectivity index (χ0n) is 14.4. The molecule has 27 heavy (non-hydrogen) atoms. The molecule has 6 nitrogen and oxygen atoms in total. The van der Waals surface area contributed by atoms with Gasteiger partial charge in [0.2, 0.25) is 0 Å². The first kappa shape index (κ1) is 19.5. The van der Waals surface area contributed by atoms with Crippen LogP contribution in [0.1, 0.15) is 22.3 Å². The topological polar surface area (TPSA) is 79.7 Å². The van der Waals surface area contributed by atoms with Crippen molar-refractivity contribution < 1.29 is 19.4 Å². The lowest BCUT2D eigenvalue weighted by Gasteiger charge is -2.17. The maximum atomic E-state index is 12.4. The average Bonchev–Trinajstić information content (AvgIpc) is 3.09. The second-order valence-corrected chi connectivity index (χ2v) is 7.29. The molecule has 1 aromatic carbocycles. The fourth-order valence-electron chi connectivity index (χ4n) is 3.10. The molecule has 1 unspecified atom stereocenters. The number of benzene rings is 1. The largest absolute Gasteiger partial charge is 0.482 e. The van der Waals surface area contributed by atoms with Crippen molar-refractivity contribution in [2.45, 2.75) is 12.8 Å². The molecule has 2 heterocycles. The van der Waals surface area contributed by atoms with E-state index in [1.807, 2.05) is 0 Å². The number of carboxylic acid groups (broad SMARTS) is 1. The molecule has 1 amide bonds. The molecular formula is C19H18Cl2N2O4. The van der Waals surface area contributed by atoms with Crippen LogP contribution in [0.15, 0.2) is 36.7 Å². The number of carbonyl (C=O) groups excluding carboxylic acids is 1. The van der Waals surface area contributed by atoms with Crippen LogP contribution in [0, 0.1) is 5.92 Å². The van der Waals surface area contributed by atoms with Crippen molar-refractivity contribution in [2.24, 2.45) is 5.92 Å². The van der Waals surface area contributed by atoms with Gasteiger partial charge in [0, 0.05) is 30.5 Å². The Hall–Kier alpha value is -2.31. The van der Waals surface area contributed by atoms with Crippen LogP contribution in [0.25, 0.3) is 0 Å². The van der Waals surface area contributed by atoms with Gasteiger partial charge in [-0.25, -0.2) is 4.79 Å². The number of ether oxygens (including phenoxy) is 1. The van der Waals surface area contributed by atoms with Crippen LogP contribution in [0.4, 0.5) is 0 Å². The molecule has 0 saturated carbocycles. The first-order valence-corrected chi connectivity index (χ1v) is 9.21. The van der Waals surface area contributed by atoms with Gasteiger partial charge in [0.15, 0.2) is 6.61 Å². The van der Waals surface area contributed by atoms with Crippen LogP contribution in [0.2, 0.25) is 10.0 Å². The number of halogens is 2. The van der Waals surface area contributed by atoms with Gasteiger partial charge in [-0.2, -0.15) is 0 Å². The van der Waals surface area contributed by atoms with Gasteiger partial charge < -0.3 is 14.7 Å². The summed E-state index contributed by atoms with van der Waals surface area (Å²) >= 11 is 11.9. The predicted octanol–water partition coefficient (Wildman–Crippen LogP) is 3.56. The Bertz CT molecular complexity index is 859. The summed E-state index contributed by atoms with van der Waals surface area (Å²) < 4.78 is 5.50. The van der Waals surface area contributed by atoms with Gasteiger partial charge in [-0.1, -0.05) is 23.2 Å². The minimum Gasteiger partial charge on any atom is -0.482 e. The molecule has 1 fully saturated rings. The van der Waals surface area contributed by atoms with Crippen molar-refractivity contribution in [3.8, 4) is 5.75 Å². The van der Waals surface area contributed by atoms with E-state index in [0.29, 0.717) is 35.3 Å². The summed E-state index contributed by atoms with van der Waals surface area (Å²) in [5, 5.41) is 9.91. The molecule has 1 atom stereocenters. The van der Waals surface area contributed by atoms with Gasteiger partial charge in [0.1, 0.15) is 5.75 Å². The number of pyridine rings is 1. The van der Waals surface area contributed by atoms with Crippen LogP contribution in [0.5, 0.6) is 5.75 Å². The minimum atomic E-state index is -0.995. The highest BCUT2D eigenvalue weighted by Gasteiger charge is 2.27. The van der Waals surface area contributed by atoms with Crippen molar-refractivity contribution in [2.75, 3.05) is 19.7 Å². The fourth-order valence-corrected chi connectivity index (χ4v) is 3.56. The van der Waals surface area contributed by atoms with Gasteiger partial charge in [0.05, 0.1) is 10.6 Å². The Labute approximate surface area is 166 Å².